The van der Waals surface area contributed by atoms with Crippen LogP contribution in [0.4, 0.5) is 0 Å². The van der Waals surface area contributed by atoms with Crippen molar-refractivity contribution < 1.29 is 9.53 Å². The van der Waals surface area contributed by atoms with Crippen LogP contribution in [0.3, 0.4) is 0 Å². The zero-order valence-corrected chi connectivity index (χ0v) is 14.2. The number of carbonyl (C=O) groups is 1. The highest BCUT2D eigenvalue weighted by atomic mass is 35.5. The van der Waals surface area contributed by atoms with Gasteiger partial charge in [-0.3, -0.25) is 4.79 Å². The highest BCUT2D eigenvalue weighted by Gasteiger charge is 2.31. The third kappa shape index (κ3) is 5.18. The number of halogens is 1. The second kappa shape index (κ2) is 9.01. The lowest BCUT2D eigenvalue weighted by Gasteiger charge is -2.17. The van der Waals surface area contributed by atoms with Crippen molar-refractivity contribution in [2.45, 2.75) is 33.1 Å². The fourth-order valence-corrected chi connectivity index (χ4v) is 3.15. The molecule has 1 aromatic carbocycles. The molecular weight excluding hydrogens is 300 g/mol. The van der Waals surface area contributed by atoms with Crippen LogP contribution in [0, 0.1) is 25.7 Å². The van der Waals surface area contributed by atoms with Gasteiger partial charge in [-0.1, -0.05) is 12.5 Å². The van der Waals surface area contributed by atoms with E-state index in [4.69, 9.17) is 10.5 Å². The second-order valence-corrected chi connectivity index (χ2v) is 6.00. The van der Waals surface area contributed by atoms with E-state index >= 15 is 0 Å². The number of benzene rings is 1. The van der Waals surface area contributed by atoms with Crippen LogP contribution in [0.2, 0.25) is 0 Å². The summed E-state index contributed by atoms with van der Waals surface area (Å²) < 4.78 is 5.69. The first kappa shape index (κ1) is 18.8. The average molecular weight is 327 g/mol. The van der Waals surface area contributed by atoms with Crippen LogP contribution in [0.1, 0.15) is 30.4 Å². The summed E-state index contributed by atoms with van der Waals surface area (Å²) in [5.74, 6) is 1.44. The Morgan fingerprint density at radius 1 is 1.27 bits per heavy atom. The van der Waals surface area contributed by atoms with Gasteiger partial charge in [0.15, 0.2) is 0 Å². The Kier molecular flexibility index (Phi) is 7.69. The third-order valence-electron chi connectivity index (χ3n) is 4.16. The Bertz CT molecular complexity index is 473. The summed E-state index contributed by atoms with van der Waals surface area (Å²) >= 11 is 0. The summed E-state index contributed by atoms with van der Waals surface area (Å²) in [6.07, 6.45) is 3.15. The highest BCUT2D eigenvalue weighted by Crippen LogP contribution is 2.30. The van der Waals surface area contributed by atoms with Gasteiger partial charge in [-0.05, 0) is 62.4 Å². The Balaban J connectivity index is 0.00000242. The molecule has 124 valence electrons. The van der Waals surface area contributed by atoms with Crippen molar-refractivity contribution in [2.24, 2.45) is 17.6 Å². The van der Waals surface area contributed by atoms with Gasteiger partial charge in [-0.2, -0.15) is 0 Å². The molecule has 2 atom stereocenters. The number of rotatable bonds is 6. The number of carbonyl (C=O) groups excluding carboxylic acids is 1. The molecule has 0 unspecified atom stereocenters. The number of nitrogens with one attached hydrogen (secondary N) is 1. The smallest absolute Gasteiger partial charge is 0.223 e. The van der Waals surface area contributed by atoms with Gasteiger partial charge in [-0.25, -0.2) is 0 Å². The maximum absolute atomic E-state index is 12.1. The topological polar surface area (TPSA) is 64.3 Å². The Hall–Kier alpha value is -1.26. The van der Waals surface area contributed by atoms with E-state index in [1.54, 1.807) is 0 Å². The summed E-state index contributed by atoms with van der Waals surface area (Å²) in [7, 11) is 0. The van der Waals surface area contributed by atoms with Crippen molar-refractivity contribution in [3.8, 4) is 5.75 Å². The fraction of sp³-hybridized carbons (Fsp3) is 0.588. The minimum absolute atomic E-state index is 0. The molecular formula is C17H27ClN2O2. The first-order valence-corrected chi connectivity index (χ1v) is 7.79. The van der Waals surface area contributed by atoms with Gasteiger partial charge < -0.3 is 15.8 Å². The lowest BCUT2D eigenvalue weighted by atomic mass is 9.95. The molecule has 22 heavy (non-hydrogen) atoms. The first-order valence-electron chi connectivity index (χ1n) is 7.79. The molecule has 1 aromatic rings. The maximum Gasteiger partial charge on any atom is 0.223 e. The zero-order valence-electron chi connectivity index (χ0n) is 13.4. The predicted octanol–water partition coefficient (Wildman–Crippen LogP) is 2.60. The molecule has 1 fully saturated rings. The van der Waals surface area contributed by atoms with E-state index in [0.717, 1.165) is 25.0 Å². The molecule has 0 bridgehead atoms. The molecule has 0 heterocycles. The van der Waals surface area contributed by atoms with Gasteiger partial charge >= 0.3 is 0 Å². The van der Waals surface area contributed by atoms with E-state index < -0.39 is 0 Å². The van der Waals surface area contributed by atoms with Crippen LogP contribution in [0.25, 0.3) is 0 Å². The quantitative estimate of drug-likeness (QED) is 0.790. The molecule has 3 N–H and O–H groups in total. The van der Waals surface area contributed by atoms with Crippen LogP contribution in [-0.4, -0.2) is 25.6 Å². The molecule has 5 heteroatoms. The van der Waals surface area contributed by atoms with Gasteiger partial charge in [-0.15, -0.1) is 12.4 Å². The summed E-state index contributed by atoms with van der Waals surface area (Å²) in [6, 6.07) is 6.13. The normalized spacial score (nSPS) is 20.3. The number of amides is 1. The minimum atomic E-state index is 0. The molecule has 0 aliphatic heterocycles. The minimum Gasteiger partial charge on any atom is -0.492 e. The van der Waals surface area contributed by atoms with E-state index in [-0.39, 0.29) is 24.2 Å². The molecule has 4 nitrogen and oxygen atoms in total. The molecule has 2 rings (SSSR count). The number of aryl methyl sites for hydroxylation is 2. The van der Waals surface area contributed by atoms with Crippen molar-refractivity contribution in [3.63, 3.8) is 0 Å². The van der Waals surface area contributed by atoms with Crippen LogP contribution >= 0.6 is 12.4 Å². The summed E-state index contributed by atoms with van der Waals surface area (Å²) in [6.45, 7) is 5.74. The van der Waals surface area contributed by atoms with Crippen molar-refractivity contribution in [3.05, 3.63) is 29.3 Å². The summed E-state index contributed by atoms with van der Waals surface area (Å²) in [5.41, 5.74) is 8.09. The molecule has 1 aliphatic carbocycles. The number of nitrogens with two attached hydrogens (primary N) is 1. The van der Waals surface area contributed by atoms with Crippen LogP contribution in [-0.2, 0) is 4.79 Å². The number of hydrogen-bond acceptors (Lipinski definition) is 3. The van der Waals surface area contributed by atoms with Crippen molar-refractivity contribution in [1.29, 1.82) is 0 Å². The summed E-state index contributed by atoms with van der Waals surface area (Å²) in [5, 5.41) is 2.97. The van der Waals surface area contributed by atoms with Gasteiger partial charge in [0, 0.05) is 5.92 Å². The largest absolute Gasteiger partial charge is 0.492 e. The van der Waals surface area contributed by atoms with E-state index in [0.29, 0.717) is 25.6 Å². The van der Waals surface area contributed by atoms with E-state index in [2.05, 4.69) is 25.2 Å². The lowest BCUT2D eigenvalue weighted by Crippen LogP contribution is -2.37. The Morgan fingerprint density at radius 3 is 2.59 bits per heavy atom. The van der Waals surface area contributed by atoms with E-state index in [1.807, 2.05) is 12.1 Å². The molecule has 0 radical (unpaired) electrons. The second-order valence-electron chi connectivity index (χ2n) is 6.00. The van der Waals surface area contributed by atoms with Crippen LogP contribution < -0.4 is 15.8 Å². The van der Waals surface area contributed by atoms with Gasteiger partial charge in [0.05, 0.1) is 6.54 Å². The van der Waals surface area contributed by atoms with Crippen molar-refractivity contribution in [1.82, 2.24) is 5.32 Å². The van der Waals surface area contributed by atoms with E-state index in [9.17, 15) is 4.79 Å². The molecule has 1 amide bonds. The monoisotopic (exact) mass is 326 g/mol. The predicted molar refractivity (Wildman–Crippen MR) is 91.6 cm³/mol. The summed E-state index contributed by atoms with van der Waals surface area (Å²) in [4.78, 5) is 12.1. The molecule has 0 spiro atoms. The highest BCUT2D eigenvalue weighted by molar-refractivity contribution is 5.85. The number of ether oxygens (including phenoxy) is 1. The van der Waals surface area contributed by atoms with Crippen molar-refractivity contribution in [2.75, 3.05) is 19.7 Å². The molecule has 0 aromatic heterocycles. The third-order valence-corrected chi connectivity index (χ3v) is 4.16. The Morgan fingerprint density at radius 2 is 1.95 bits per heavy atom. The zero-order chi connectivity index (χ0) is 15.2. The molecule has 1 saturated carbocycles. The molecule has 1 aliphatic rings. The molecule has 0 saturated heterocycles. The fourth-order valence-electron chi connectivity index (χ4n) is 3.15. The SMILES string of the molecule is Cc1cc(C)cc(OCCNC(=O)[C@@H]2CCC[C@@H]2CN)c1.Cl. The van der Waals surface area contributed by atoms with Crippen LogP contribution in [0.15, 0.2) is 18.2 Å². The van der Waals surface area contributed by atoms with Gasteiger partial charge in [0.2, 0.25) is 5.91 Å². The maximum atomic E-state index is 12.1. The van der Waals surface area contributed by atoms with E-state index in [1.165, 1.54) is 11.1 Å². The lowest BCUT2D eigenvalue weighted by molar-refractivity contribution is -0.126. The standard InChI is InChI=1S/C17H26N2O2.ClH/c1-12-8-13(2)10-15(9-12)21-7-6-19-17(20)16-5-3-4-14(16)11-18;/h8-10,14,16H,3-7,11,18H2,1-2H3,(H,19,20);1H/t14-,16-;/m1./s1. The van der Waals surface area contributed by atoms with Crippen LogP contribution in [0.5, 0.6) is 5.75 Å². The number of hydrogen-bond donors (Lipinski definition) is 2. The van der Waals surface area contributed by atoms with Gasteiger partial charge in [0.25, 0.3) is 0 Å². The Labute approximate surface area is 139 Å². The average Bonchev–Trinajstić information content (AvgIpc) is 2.90. The van der Waals surface area contributed by atoms with Gasteiger partial charge in [0.1, 0.15) is 12.4 Å². The first-order chi connectivity index (χ1) is 10.1. The van der Waals surface area contributed by atoms with Crippen molar-refractivity contribution >= 4 is 18.3 Å².